The number of hydrogen-bond acceptors (Lipinski definition) is 5. The van der Waals surface area contributed by atoms with Gasteiger partial charge in [0.05, 0.1) is 11.1 Å². The summed E-state index contributed by atoms with van der Waals surface area (Å²) in [6.07, 6.45) is -6.15. The quantitative estimate of drug-likeness (QED) is 0.749. The molecular weight excluding hydrogens is 403 g/mol. The number of carbonyl (C=O) groups is 3. The van der Waals surface area contributed by atoms with E-state index in [2.05, 4.69) is 0 Å². The minimum Gasteiger partial charge on any atom is -0.454 e. The number of hydrogen-bond donors (Lipinski definition) is 1. The Morgan fingerprint density at radius 1 is 1.20 bits per heavy atom. The highest BCUT2D eigenvalue weighted by atomic mass is 19.4. The molecule has 0 aromatic heterocycles. The van der Waals surface area contributed by atoms with Crippen molar-refractivity contribution < 1.29 is 37.0 Å². The summed E-state index contributed by atoms with van der Waals surface area (Å²) in [5.74, 6) is -2.47. The molecule has 0 spiro atoms. The van der Waals surface area contributed by atoms with Crippen LogP contribution in [0.5, 0.6) is 0 Å². The minimum atomic E-state index is -4.57. The number of cyclic esters (lactones) is 1. The molecule has 9 heteroatoms. The van der Waals surface area contributed by atoms with Crippen molar-refractivity contribution in [3.05, 3.63) is 70.8 Å². The van der Waals surface area contributed by atoms with Gasteiger partial charge in [-0.05, 0) is 36.2 Å². The molecule has 2 atom stereocenters. The van der Waals surface area contributed by atoms with E-state index in [4.69, 9.17) is 9.47 Å². The Bertz CT molecular complexity index is 959. The predicted octanol–water partition coefficient (Wildman–Crippen LogP) is 3.36. The monoisotopic (exact) mass is 421 g/mol. The number of esters is 2. The molecule has 1 aliphatic rings. The number of rotatable bonds is 5. The summed E-state index contributed by atoms with van der Waals surface area (Å²) in [6.45, 7) is -0.347. The topological polar surface area (TPSA) is 81.7 Å². The third-order valence-electron chi connectivity index (χ3n) is 4.50. The van der Waals surface area contributed by atoms with Gasteiger partial charge in [0.1, 0.15) is 12.6 Å². The van der Waals surface area contributed by atoms with Crippen LogP contribution in [0.2, 0.25) is 0 Å². The van der Waals surface area contributed by atoms with Crippen LogP contribution in [0.1, 0.15) is 44.9 Å². The van der Waals surface area contributed by atoms with Crippen molar-refractivity contribution >= 4 is 17.8 Å². The van der Waals surface area contributed by atoms with Gasteiger partial charge in [-0.15, -0.1) is 0 Å². The molecule has 0 saturated heterocycles. The van der Waals surface area contributed by atoms with Gasteiger partial charge in [0, 0.05) is 6.42 Å². The Balaban J connectivity index is 1.70. The first-order chi connectivity index (χ1) is 14.1. The fourth-order valence-electron chi connectivity index (χ4n) is 2.99. The number of benzene rings is 2. The highest BCUT2D eigenvalue weighted by Crippen LogP contribution is 2.31. The van der Waals surface area contributed by atoms with Crippen LogP contribution in [-0.4, -0.2) is 36.7 Å². The maximum Gasteiger partial charge on any atom is 0.405 e. The first-order valence-electron chi connectivity index (χ1n) is 9.08. The van der Waals surface area contributed by atoms with Crippen molar-refractivity contribution in [2.75, 3.05) is 6.54 Å². The molecule has 30 heavy (non-hydrogen) atoms. The first-order valence-corrected chi connectivity index (χ1v) is 9.08. The van der Waals surface area contributed by atoms with E-state index in [0.717, 1.165) is 5.56 Å². The van der Waals surface area contributed by atoms with E-state index in [1.165, 1.54) is 25.1 Å². The Morgan fingerprint density at radius 2 is 1.90 bits per heavy atom. The minimum absolute atomic E-state index is 0.0748. The van der Waals surface area contributed by atoms with E-state index >= 15 is 0 Å². The number of alkyl halides is 3. The Labute approximate surface area is 170 Å². The third kappa shape index (κ3) is 5.16. The average molecular weight is 421 g/mol. The number of carbonyl (C=O) groups excluding carboxylic acids is 3. The van der Waals surface area contributed by atoms with E-state index in [1.54, 1.807) is 5.32 Å². The summed E-state index contributed by atoms with van der Waals surface area (Å²) in [5.41, 5.74) is 1.77. The molecule has 1 aliphatic heterocycles. The summed E-state index contributed by atoms with van der Waals surface area (Å²) in [6, 6.07) is 13.3. The van der Waals surface area contributed by atoms with E-state index in [9.17, 15) is 27.6 Å². The van der Waals surface area contributed by atoms with Crippen LogP contribution in [0.4, 0.5) is 13.2 Å². The predicted molar refractivity (Wildman–Crippen MR) is 98.7 cm³/mol. The van der Waals surface area contributed by atoms with Crippen molar-refractivity contribution in [2.24, 2.45) is 0 Å². The van der Waals surface area contributed by atoms with Crippen LogP contribution in [0, 0.1) is 0 Å². The zero-order valence-electron chi connectivity index (χ0n) is 15.9. The van der Waals surface area contributed by atoms with Gasteiger partial charge in [-0.2, -0.15) is 13.2 Å². The lowest BCUT2D eigenvalue weighted by molar-refractivity contribution is -0.143. The largest absolute Gasteiger partial charge is 0.454 e. The maximum absolute atomic E-state index is 12.3. The molecule has 1 N–H and O–H groups in total. The molecule has 0 saturated carbocycles. The van der Waals surface area contributed by atoms with Crippen molar-refractivity contribution in [2.45, 2.75) is 31.7 Å². The second-order valence-corrected chi connectivity index (χ2v) is 6.76. The number of nitrogens with one attached hydrogen (secondary N) is 1. The highest BCUT2D eigenvalue weighted by molar-refractivity contribution is 5.96. The molecule has 6 nitrogen and oxygen atoms in total. The van der Waals surface area contributed by atoms with Crippen molar-refractivity contribution in [1.82, 2.24) is 5.32 Å². The normalized spacial score (nSPS) is 16.8. The number of halogens is 3. The molecule has 1 heterocycles. The van der Waals surface area contributed by atoms with Crippen LogP contribution in [0.3, 0.4) is 0 Å². The molecule has 0 aliphatic carbocycles. The van der Waals surface area contributed by atoms with Crippen LogP contribution in [-0.2, 0) is 20.7 Å². The van der Waals surface area contributed by atoms with Gasteiger partial charge in [0.15, 0.2) is 6.10 Å². The summed E-state index contributed by atoms with van der Waals surface area (Å²) >= 11 is 0. The summed E-state index contributed by atoms with van der Waals surface area (Å²) in [7, 11) is 0. The van der Waals surface area contributed by atoms with Gasteiger partial charge in [-0.3, -0.25) is 4.79 Å². The van der Waals surface area contributed by atoms with Gasteiger partial charge in [-0.1, -0.05) is 30.3 Å². The fraction of sp³-hybridized carbons (Fsp3) is 0.286. The standard InChI is InChI=1S/C21H18F3NO5/c1-12(18(26)25-11-21(22,23)24)29-19(27)14-7-8-16-15(9-14)10-17(30-20(16)28)13-5-3-2-4-6-13/h2-9,12,17H,10-11H2,1H3,(H,25,26). The molecule has 0 fully saturated rings. The smallest absolute Gasteiger partial charge is 0.405 e. The second-order valence-electron chi connectivity index (χ2n) is 6.76. The van der Waals surface area contributed by atoms with E-state index in [0.29, 0.717) is 17.5 Å². The van der Waals surface area contributed by atoms with Crippen LogP contribution >= 0.6 is 0 Å². The molecule has 0 bridgehead atoms. The average Bonchev–Trinajstić information content (AvgIpc) is 2.71. The SMILES string of the molecule is CC(OC(=O)c1ccc2c(c1)CC(c1ccccc1)OC2=O)C(=O)NCC(F)(F)F. The van der Waals surface area contributed by atoms with Crippen LogP contribution < -0.4 is 5.32 Å². The van der Waals surface area contributed by atoms with Crippen molar-refractivity contribution in [3.63, 3.8) is 0 Å². The van der Waals surface area contributed by atoms with Crippen LogP contribution in [0.15, 0.2) is 48.5 Å². The Hall–Kier alpha value is -3.36. The molecule has 1 amide bonds. The van der Waals surface area contributed by atoms with Gasteiger partial charge < -0.3 is 14.8 Å². The van der Waals surface area contributed by atoms with Crippen molar-refractivity contribution in [1.29, 1.82) is 0 Å². The van der Waals surface area contributed by atoms with Gasteiger partial charge in [-0.25, -0.2) is 9.59 Å². The molecule has 2 aromatic rings. The Kier molecular flexibility index (Phi) is 6.09. The lowest BCUT2D eigenvalue weighted by Crippen LogP contribution is -2.40. The molecule has 158 valence electrons. The van der Waals surface area contributed by atoms with E-state index in [1.807, 2.05) is 30.3 Å². The van der Waals surface area contributed by atoms with Gasteiger partial charge in [0.2, 0.25) is 0 Å². The first kappa shape index (κ1) is 21.4. The lowest BCUT2D eigenvalue weighted by atomic mass is 9.93. The molecular formula is C21H18F3NO5. The second kappa shape index (κ2) is 8.56. The summed E-state index contributed by atoms with van der Waals surface area (Å²) < 4.78 is 47.0. The zero-order valence-corrected chi connectivity index (χ0v) is 15.9. The molecule has 0 radical (unpaired) electrons. The van der Waals surface area contributed by atoms with Crippen LogP contribution in [0.25, 0.3) is 0 Å². The third-order valence-corrected chi connectivity index (χ3v) is 4.50. The van der Waals surface area contributed by atoms with Gasteiger partial charge in [0.25, 0.3) is 5.91 Å². The molecule has 2 aromatic carbocycles. The number of ether oxygens (including phenoxy) is 2. The summed E-state index contributed by atoms with van der Waals surface area (Å²) in [4.78, 5) is 36.3. The maximum atomic E-state index is 12.3. The number of amides is 1. The summed E-state index contributed by atoms with van der Waals surface area (Å²) in [5, 5.41) is 1.66. The fourth-order valence-corrected chi connectivity index (χ4v) is 2.99. The highest BCUT2D eigenvalue weighted by Gasteiger charge is 2.31. The van der Waals surface area contributed by atoms with Crippen molar-refractivity contribution in [3.8, 4) is 0 Å². The molecule has 2 unspecified atom stereocenters. The van der Waals surface area contributed by atoms with Gasteiger partial charge >= 0.3 is 18.1 Å². The Morgan fingerprint density at radius 3 is 2.57 bits per heavy atom. The zero-order chi connectivity index (χ0) is 21.9. The van der Waals surface area contributed by atoms with E-state index in [-0.39, 0.29) is 5.56 Å². The number of fused-ring (bicyclic) bond motifs is 1. The molecule has 3 rings (SSSR count). The lowest BCUT2D eigenvalue weighted by Gasteiger charge is -2.25. The van der Waals surface area contributed by atoms with E-state index < -0.39 is 42.8 Å².